The summed E-state index contributed by atoms with van der Waals surface area (Å²) in [7, 11) is 1.65. The molecule has 0 saturated carbocycles. The number of aryl methyl sites for hydroxylation is 1. The van der Waals surface area contributed by atoms with E-state index in [-0.39, 0.29) is 11.8 Å². The first-order valence-electron chi connectivity index (χ1n) is 11.0. The third-order valence-corrected chi connectivity index (χ3v) is 6.02. The average Bonchev–Trinajstić information content (AvgIpc) is 3.48. The van der Waals surface area contributed by atoms with Gasteiger partial charge in [0.25, 0.3) is 5.91 Å². The van der Waals surface area contributed by atoms with Gasteiger partial charge in [-0.3, -0.25) is 14.5 Å². The molecule has 8 nitrogen and oxygen atoms in total. The van der Waals surface area contributed by atoms with Crippen molar-refractivity contribution < 1.29 is 14.3 Å². The van der Waals surface area contributed by atoms with Crippen molar-refractivity contribution in [2.24, 2.45) is 0 Å². The molecular weight excluding hydrogens is 418 g/mol. The molecule has 33 heavy (non-hydrogen) atoms. The van der Waals surface area contributed by atoms with Gasteiger partial charge in [0.1, 0.15) is 11.6 Å². The first kappa shape index (κ1) is 20.8. The van der Waals surface area contributed by atoms with Crippen molar-refractivity contribution in [2.75, 3.05) is 18.6 Å². The number of ether oxygens (including phenoxy) is 1. The number of carbonyl (C=O) groups excluding carboxylic acids is 2. The summed E-state index contributed by atoms with van der Waals surface area (Å²) < 4.78 is 7.15. The van der Waals surface area contributed by atoms with Gasteiger partial charge in [-0.2, -0.15) is 5.10 Å². The molecule has 2 aromatic heterocycles. The smallest absolute Gasteiger partial charge is 0.251 e. The molecule has 168 valence electrons. The number of nitrogens with one attached hydrogen (secondary N) is 2. The van der Waals surface area contributed by atoms with Crippen molar-refractivity contribution in [2.45, 2.75) is 25.9 Å². The summed E-state index contributed by atoms with van der Waals surface area (Å²) in [5.74, 6) is 1.58. The Balaban J connectivity index is 1.19. The summed E-state index contributed by atoms with van der Waals surface area (Å²) in [4.78, 5) is 30.0. The van der Waals surface area contributed by atoms with E-state index in [0.717, 1.165) is 33.6 Å². The van der Waals surface area contributed by atoms with Gasteiger partial charge in [-0.25, -0.2) is 4.68 Å². The number of hydrogen-bond donors (Lipinski definition) is 2. The zero-order valence-electron chi connectivity index (χ0n) is 18.4. The van der Waals surface area contributed by atoms with E-state index in [1.165, 1.54) is 0 Å². The Labute approximate surface area is 191 Å². The zero-order valence-corrected chi connectivity index (χ0v) is 18.4. The lowest BCUT2D eigenvalue weighted by Crippen LogP contribution is -2.36. The maximum Gasteiger partial charge on any atom is 0.251 e. The third kappa shape index (κ3) is 4.19. The summed E-state index contributed by atoms with van der Waals surface area (Å²) in [6.45, 7) is 1.59. The van der Waals surface area contributed by atoms with Crippen LogP contribution in [0.1, 0.15) is 27.9 Å². The molecule has 2 aromatic carbocycles. The number of hydrogen-bond acceptors (Lipinski definition) is 4. The maximum atomic E-state index is 12.6. The van der Waals surface area contributed by atoms with E-state index < -0.39 is 0 Å². The summed E-state index contributed by atoms with van der Waals surface area (Å²) in [6.07, 6.45) is 4.83. The molecule has 8 heteroatoms. The molecule has 2 amide bonds. The molecule has 0 aliphatic carbocycles. The number of H-pyrrole nitrogens is 1. The fourth-order valence-corrected chi connectivity index (χ4v) is 4.21. The lowest BCUT2D eigenvalue weighted by Gasteiger charge is -2.27. The normalized spacial score (nSPS) is 13.2. The van der Waals surface area contributed by atoms with Crippen LogP contribution in [-0.2, 0) is 24.3 Å². The molecule has 3 heterocycles. The maximum absolute atomic E-state index is 12.6. The highest BCUT2D eigenvalue weighted by Gasteiger charge is 2.24. The number of aromatic amines is 1. The molecule has 0 spiro atoms. The van der Waals surface area contributed by atoms with Gasteiger partial charge in [-0.05, 0) is 47.9 Å². The van der Waals surface area contributed by atoms with Crippen molar-refractivity contribution in [3.05, 3.63) is 77.6 Å². The molecule has 1 aliphatic rings. The molecule has 4 aromatic rings. The molecule has 0 atom stereocenters. The van der Waals surface area contributed by atoms with Crippen LogP contribution >= 0.6 is 0 Å². The number of benzene rings is 2. The summed E-state index contributed by atoms with van der Waals surface area (Å²) in [6, 6.07) is 15.1. The van der Waals surface area contributed by atoms with Crippen LogP contribution in [0.15, 0.2) is 60.9 Å². The number of carbonyl (C=O) groups is 2. The van der Waals surface area contributed by atoms with Crippen LogP contribution in [-0.4, -0.2) is 40.2 Å². The molecule has 5 rings (SSSR count). The van der Waals surface area contributed by atoms with Crippen LogP contribution in [0.2, 0.25) is 0 Å². The van der Waals surface area contributed by atoms with Gasteiger partial charge in [-0.15, -0.1) is 0 Å². The number of methoxy groups -OCH3 is 1. The Morgan fingerprint density at radius 3 is 2.85 bits per heavy atom. The predicted octanol–water partition coefficient (Wildman–Crippen LogP) is 3.28. The van der Waals surface area contributed by atoms with Crippen molar-refractivity contribution in [1.82, 2.24) is 20.1 Å². The highest BCUT2D eigenvalue weighted by atomic mass is 16.5. The molecular formula is C25H25N5O3. The fraction of sp³-hybridized carbons (Fsp3) is 0.240. The molecule has 0 radical (unpaired) electrons. The van der Waals surface area contributed by atoms with E-state index in [0.29, 0.717) is 38.0 Å². The Kier molecular flexibility index (Phi) is 5.56. The van der Waals surface area contributed by atoms with Crippen LogP contribution in [0.25, 0.3) is 10.9 Å². The minimum absolute atomic E-state index is 0.0831. The van der Waals surface area contributed by atoms with Crippen LogP contribution < -0.4 is 15.0 Å². The van der Waals surface area contributed by atoms with Gasteiger partial charge in [0.05, 0.1) is 26.4 Å². The number of amides is 2. The lowest BCUT2D eigenvalue weighted by atomic mass is 10.1. The SMILES string of the molecule is COc1ccc2[nH]cc(CCNC(=O)c3ccc(CN4C(=O)CCn5nccc54)cc3)c2c1. The van der Waals surface area contributed by atoms with Crippen molar-refractivity contribution in [3.8, 4) is 5.75 Å². The molecule has 0 unspecified atom stereocenters. The largest absolute Gasteiger partial charge is 0.497 e. The van der Waals surface area contributed by atoms with Gasteiger partial charge in [0, 0.05) is 41.7 Å². The number of nitrogens with zero attached hydrogens (tertiary/aromatic N) is 3. The van der Waals surface area contributed by atoms with E-state index in [1.807, 2.05) is 47.3 Å². The van der Waals surface area contributed by atoms with Gasteiger partial charge in [0.15, 0.2) is 0 Å². The van der Waals surface area contributed by atoms with Crippen LogP contribution in [0.3, 0.4) is 0 Å². The van der Waals surface area contributed by atoms with Crippen molar-refractivity contribution in [3.63, 3.8) is 0 Å². The average molecular weight is 444 g/mol. The standard InChI is InChI=1S/C25H25N5O3/c1-33-20-6-7-22-21(14-20)19(15-27-22)8-11-26-25(32)18-4-2-17(3-5-18)16-29-23-9-12-28-30(23)13-10-24(29)31/h2-7,9,12,14-15,27H,8,10-11,13,16H2,1H3,(H,26,32). The van der Waals surface area contributed by atoms with E-state index >= 15 is 0 Å². The molecule has 1 aliphatic heterocycles. The molecule has 0 saturated heterocycles. The van der Waals surface area contributed by atoms with Crippen molar-refractivity contribution in [1.29, 1.82) is 0 Å². The quantitative estimate of drug-likeness (QED) is 0.459. The highest BCUT2D eigenvalue weighted by Crippen LogP contribution is 2.24. The second kappa shape index (κ2) is 8.82. The minimum atomic E-state index is -0.119. The van der Waals surface area contributed by atoms with Gasteiger partial charge in [-0.1, -0.05) is 12.1 Å². The Morgan fingerprint density at radius 2 is 2.03 bits per heavy atom. The topological polar surface area (TPSA) is 92.3 Å². The van der Waals surface area contributed by atoms with E-state index in [2.05, 4.69) is 15.4 Å². The highest BCUT2D eigenvalue weighted by molar-refractivity contribution is 5.95. The predicted molar refractivity (Wildman–Crippen MR) is 125 cm³/mol. The first-order chi connectivity index (χ1) is 16.1. The molecule has 0 fully saturated rings. The monoisotopic (exact) mass is 443 g/mol. The summed E-state index contributed by atoms with van der Waals surface area (Å²) >= 11 is 0. The Hall–Kier alpha value is -4.07. The fourth-order valence-electron chi connectivity index (χ4n) is 4.21. The Morgan fingerprint density at radius 1 is 1.18 bits per heavy atom. The third-order valence-electron chi connectivity index (χ3n) is 6.02. The summed E-state index contributed by atoms with van der Waals surface area (Å²) in [5.41, 5.74) is 3.73. The van der Waals surface area contributed by atoms with E-state index in [1.54, 1.807) is 30.3 Å². The van der Waals surface area contributed by atoms with Gasteiger partial charge in [0.2, 0.25) is 5.91 Å². The summed E-state index contributed by atoms with van der Waals surface area (Å²) in [5, 5.41) is 8.34. The van der Waals surface area contributed by atoms with Crippen molar-refractivity contribution >= 4 is 28.5 Å². The second-order valence-electron chi connectivity index (χ2n) is 8.07. The Bertz CT molecular complexity index is 1310. The number of fused-ring (bicyclic) bond motifs is 2. The van der Waals surface area contributed by atoms with Gasteiger partial charge >= 0.3 is 0 Å². The second-order valence-corrected chi connectivity index (χ2v) is 8.07. The number of aromatic nitrogens is 3. The van der Waals surface area contributed by atoms with E-state index in [9.17, 15) is 9.59 Å². The molecule has 0 bridgehead atoms. The van der Waals surface area contributed by atoms with Crippen LogP contribution in [0.4, 0.5) is 5.82 Å². The van der Waals surface area contributed by atoms with E-state index in [4.69, 9.17) is 4.74 Å². The molecule has 2 N–H and O–H groups in total. The zero-order chi connectivity index (χ0) is 22.8. The lowest BCUT2D eigenvalue weighted by molar-refractivity contribution is -0.119. The van der Waals surface area contributed by atoms with Crippen LogP contribution in [0, 0.1) is 0 Å². The first-order valence-corrected chi connectivity index (χ1v) is 11.0. The number of anilines is 1. The van der Waals surface area contributed by atoms with Crippen LogP contribution in [0.5, 0.6) is 5.75 Å². The van der Waals surface area contributed by atoms with Gasteiger partial charge < -0.3 is 15.0 Å². The number of rotatable bonds is 7. The minimum Gasteiger partial charge on any atom is -0.497 e.